The monoisotopic (exact) mass is 264 g/mol. The maximum Gasteiger partial charge on any atom is 0.145 e. The number of hydrogen-bond acceptors (Lipinski definition) is 6. The number of aryl methyl sites for hydroxylation is 1. The summed E-state index contributed by atoms with van der Waals surface area (Å²) < 4.78 is 0. The van der Waals surface area contributed by atoms with E-state index in [2.05, 4.69) is 39.3 Å². The smallest absolute Gasteiger partial charge is 0.145 e. The summed E-state index contributed by atoms with van der Waals surface area (Å²) in [6.45, 7) is 5.30. The van der Waals surface area contributed by atoms with E-state index in [1.54, 1.807) is 0 Å². The first-order valence-corrected chi connectivity index (χ1v) is 6.80. The number of piperidine rings is 1. The third-order valence-corrected chi connectivity index (χ3v) is 3.73. The summed E-state index contributed by atoms with van der Waals surface area (Å²) in [5.41, 5.74) is 2.59. The number of aromatic nitrogens is 2. The van der Waals surface area contributed by atoms with E-state index >= 15 is 0 Å². The van der Waals surface area contributed by atoms with Gasteiger partial charge in [-0.2, -0.15) is 0 Å². The van der Waals surface area contributed by atoms with Crippen molar-refractivity contribution in [3.63, 3.8) is 0 Å². The second-order valence-corrected chi connectivity index (χ2v) is 5.43. The summed E-state index contributed by atoms with van der Waals surface area (Å²) in [6, 6.07) is 1.89. The molecule has 0 aromatic carbocycles. The van der Waals surface area contributed by atoms with Crippen molar-refractivity contribution in [1.29, 1.82) is 0 Å². The van der Waals surface area contributed by atoms with Crippen LogP contribution in [-0.4, -0.2) is 48.6 Å². The molecule has 2 heterocycles. The molecular formula is C13H24N6. The van der Waals surface area contributed by atoms with Gasteiger partial charge in [0.15, 0.2) is 0 Å². The molecule has 1 aliphatic rings. The third-order valence-electron chi connectivity index (χ3n) is 3.73. The highest BCUT2D eigenvalue weighted by Gasteiger charge is 2.19. The lowest BCUT2D eigenvalue weighted by atomic mass is 9.97. The molecular weight excluding hydrogens is 240 g/mol. The normalized spacial score (nSPS) is 17.5. The Morgan fingerprint density at radius 3 is 2.74 bits per heavy atom. The summed E-state index contributed by atoms with van der Waals surface area (Å²) in [7, 11) is 4.27. The topological polar surface area (TPSA) is 70.3 Å². The Labute approximate surface area is 115 Å². The van der Waals surface area contributed by atoms with Crippen LogP contribution in [0.5, 0.6) is 0 Å². The number of nitrogens with one attached hydrogen (secondary N) is 1. The molecule has 19 heavy (non-hydrogen) atoms. The Morgan fingerprint density at radius 1 is 1.42 bits per heavy atom. The minimum atomic E-state index is 0.665. The van der Waals surface area contributed by atoms with Crippen molar-refractivity contribution in [2.75, 3.05) is 44.1 Å². The van der Waals surface area contributed by atoms with Crippen molar-refractivity contribution in [2.24, 2.45) is 11.8 Å². The summed E-state index contributed by atoms with van der Waals surface area (Å²) in [6.07, 6.45) is 2.51. The molecule has 0 unspecified atom stereocenters. The molecule has 6 nitrogen and oxygen atoms in total. The summed E-state index contributed by atoms with van der Waals surface area (Å²) in [5.74, 6) is 8.50. The minimum absolute atomic E-state index is 0.665. The van der Waals surface area contributed by atoms with Crippen LogP contribution in [0.15, 0.2) is 6.07 Å². The van der Waals surface area contributed by atoms with Gasteiger partial charge in [-0.3, -0.25) is 0 Å². The molecule has 0 saturated carbocycles. The SMILES string of the molecule is Cc1nc(NN)cc(N(C)CC2CCN(C)CC2)n1. The minimum Gasteiger partial charge on any atom is -0.359 e. The lowest BCUT2D eigenvalue weighted by molar-refractivity contribution is 0.222. The van der Waals surface area contributed by atoms with Crippen molar-refractivity contribution in [1.82, 2.24) is 14.9 Å². The quantitative estimate of drug-likeness (QED) is 0.620. The Morgan fingerprint density at radius 2 is 2.11 bits per heavy atom. The standard InChI is InChI=1S/C13H24N6/c1-10-15-12(17-14)8-13(16-10)19(3)9-11-4-6-18(2)7-5-11/h8,11H,4-7,9,14H2,1-3H3,(H,15,16,17). The highest BCUT2D eigenvalue weighted by atomic mass is 15.3. The van der Waals surface area contributed by atoms with Crippen LogP contribution >= 0.6 is 0 Å². The average molecular weight is 264 g/mol. The van der Waals surface area contributed by atoms with Gasteiger partial charge in [0.1, 0.15) is 17.5 Å². The van der Waals surface area contributed by atoms with Crippen molar-refractivity contribution >= 4 is 11.6 Å². The van der Waals surface area contributed by atoms with E-state index in [9.17, 15) is 0 Å². The number of nitrogens with zero attached hydrogens (tertiary/aromatic N) is 4. The fourth-order valence-electron chi connectivity index (χ4n) is 2.55. The molecule has 1 fully saturated rings. The largest absolute Gasteiger partial charge is 0.359 e. The molecule has 1 saturated heterocycles. The molecule has 0 amide bonds. The number of nitrogens with two attached hydrogens (primary N) is 1. The number of nitrogen functional groups attached to an aromatic ring is 1. The van der Waals surface area contributed by atoms with Gasteiger partial charge in [0, 0.05) is 19.7 Å². The van der Waals surface area contributed by atoms with Crippen molar-refractivity contribution in [3.8, 4) is 0 Å². The highest BCUT2D eigenvalue weighted by molar-refractivity contribution is 5.48. The molecule has 2 rings (SSSR count). The zero-order valence-corrected chi connectivity index (χ0v) is 12.1. The summed E-state index contributed by atoms with van der Waals surface area (Å²) >= 11 is 0. The van der Waals surface area contributed by atoms with Crippen LogP contribution in [0.1, 0.15) is 18.7 Å². The van der Waals surface area contributed by atoms with E-state index in [0.717, 1.165) is 24.1 Å². The predicted octanol–water partition coefficient (Wildman–Crippen LogP) is 0.849. The fraction of sp³-hybridized carbons (Fsp3) is 0.692. The zero-order chi connectivity index (χ0) is 13.8. The number of hydrogen-bond donors (Lipinski definition) is 2. The molecule has 1 aromatic rings. The molecule has 0 radical (unpaired) electrons. The Hall–Kier alpha value is -1.40. The van der Waals surface area contributed by atoms with Gasteiger partial charge in [-0.1, -0.05) is 0 Å². The second-order valence-electron chi connectivity index (χ2n) is 5.43. The average Bonchev–Trinajstić information content (AvgIpc) is 2.40. The van der Waals surface area contributed by atoms with Crippen LogP contribution in [0, 0.1) is 12.8 Å². The van der Waals surface area contributed by atoms with Gasteiger partial charge >= 0.3 is 0 Å². The maximum absolute atomic E-state index is 5.42. The van der Waals surface area contributed by atoms with Gasteiger partial charge in [-0.25, -0.2) is 15.8 Å². The van der Waals surface area contributed by atoms with Gasteiger partial charge in [0.25, 0.3) is 0 Å². The van der Waals surface area contributed by atoms with Crippen molar-refractivity contribution in [2.45, 2.75) is 19.8 Å². The van der Waals surface area contributed by atoms with E-state index in [1.165, 1.54) is 25.9 Å². The van der Waals surface area contributed by atoms with Crippen molar-refractivity contribution in [3.05, 3.63) is 11.9 Å². The van der Waals surface area contributed by atoms with E-state index in [1.807, 2.05) is 13.0 Å². The molecule has 3 N–H and O–H groups in total. The van der Waals surface area contributed by atoms with E-state index in [4.69, 9.17) is 5.84 Å². The van der Waals surface area contributed by atoms with Crippen LogP contribution in [-0.2, 0) is 0 Å². The summed E-state index contributed by atoms with van der Waals surface area (Å²) in [4.78, 5) is 13.3. The van der Waals surface area contributed by atoms with E-state index in [0.29, 0.717) is 5.82 Å². The Balaban J connectivity index is 1.99. The molecule has 0 aliphatic carbocycles. The van der Waals surface area contributed by atoms with Crippen LogP contribution in [0.3, 0.4) is 0 Å². The first-order valence-electron chi connectivity index (χ1n) is 6.80. The van der Waals surface area contributed by atoms with E-state index < -0.39 is 0 Å². The maximum atomic E-state index is 5.42. The summed E-state index contributed by atoms with van der Waals surface area (Å²) in [5, 5.41) is 0. The molecule has 106 valence electrons. The van der Waals surface area contributed by atoms with Crippen LogP contribution < -0.4 is 16.2 Å². The lowest BCUT2D eigenvalue weighted by Gasteiger charge is -2.32. The highest BCUT2D eigenvalue weighted by Crippen LogP contribution is 2.20. The number of rotatable bonds is 4. The molecule has 6 heteroatoms. The van der Waals surface area contributed by atoms with Gasteiger partial charge in [0.2, 0.25) is 0 Å². The first kappa shape index (κ1) is 14.0. The van der Waals surface area contributed by atoms with Crippen LogP contribution in [0.25, 0.3) is 0 Å². The molecule has 1 aliphatic heterocycles. The molecule has 0 bridgehead atoms. The van der Waals surface area contributed by atoms with Gasteiger partial charge in [-0.05, 0) is 45.8 Å². The van der Waals surface area contributed by atoms with E-state index in [-0.39, 0.29) is 0 Å². The fourth-order valence-corrected chi connectivity index (χ4v) is 2.55. The van der Waals surface area contributed by atoms with Crippen LogP contribution in [0.4, 0.5) is 11.6 Å². The number of anilines is 2. The zero-order valence-electron chi connectivity index (χ0n) is 12.1. The van der Waals surface area contributed by atoms with Crippen LogP contribution in [0.2, 0.25) is 0 Å². The first-order chi connectivity index (χ1) is 9.08. The number of hydrazine groups is 1. The van der Waals surface area contributed by atoms with Crippen molar-refractivity contribution < 1.29 is 0 Å². The van der Waals surface area contributed by atoms with Gasteiger partial charge in [-0.15, -0.1) is 0 Å². The Kier molecular flexibility index (Phi) is 4.55. The predicted molar refractivity (Wildman–Crippen MR) is 78.1 cm³/mol. The molecule has 0 spiro atoms. The second kappa shape index (κ2) is 6.16. The third kappa shape index (κ3) is 3.78. The Bertz CT molecular complexity index is 414. The van der Waals surface area contributed by atoms with Gasteiger partial charge < -0.3 is 15.2 Å². The molecule has 1 aromatic heterocycles. The number of likely N-dealkylation sites (tertiary alicyclic amines) is 1. The van der Waals surface area contributed by atoms with Gasteiger partial charge in [0.05, 0.1) is 0 Å². The lowest BCUT2D eigenvalue weighted by Crippen LogP contribution is -2.36. The molecule has 0 atom stereocenters.